The molecule has 2 aromatic rings. The summed E-state index contributed by atoms with van der Waals surface area (Å²) in [5, 5.41) is 6.09. The molecule has 0 fully saturated rings. The second-order valence-electron chi connectivity index (χ2n) is 6.21. The first kappa shape index (κ1) is 19.9. The van der Waals surface area contributed by atoms with Gasteiger partial charge in [0.25, 0.3) is 5.91 Å². The van der Waals surface area contributed by atoms with Crippen molar-refractivity contribution in [1.82, 2.24) is 5.32 Å². The molecule has 0 aromatic heterocycles. The lowest BCUT2D eigenvalue weighted by Gasteiger charge is -2.14. The number of thiocarbonyl (C=S) groups is 1. The van der Waals surface area contributed by atoms with E-state index < -0.39 is 0 Å². The summed E-state index contributed by atoms with van der Waals surface area (Å²) in [6.45, 7) is 6.80. The molecule has 0 atom stereocenters. The zero-order valence-corrected chi connectivity index (χ0v) is 16.4. The van der Waals surface area contributed by atoms with Crippen molar-refractivity contribution in [3.8, 4) is 5.75 Å². The van der Waals surface area contributed by atoms with Gasteiger partial charge in [-0.25, -0.2) is 0 Å². The molecular formula is C21H26N2O2S. The van der Waals surface area contributed by atoms with Crippen molar-refractivity contribution < 1.29 is 9.53 Å². The Morgan fingerprint density at radius 2 is 1.85 bits per heavy atom. The lowest BCUT2D eigenvalue weighted by Crippen LogP contribution is -2.34. The second kappa shape index (κ2) is 9.92. The van der Waals surface area contributed by atoms with Crippen molar-refractivity contribution >= 4 is 28.9 Å². The van der Waals surface area contributed by atoms with Crippen LogP contribution in [0, 0.1) is 13.8 Å². The zero-order chi connectivity index (χ0) is 18.9. The van der Waals surface area contributed by atoms with Crippen LogP contribution in [0.4, 0.5) is 5.69 Å². The third kappa shape index (κ3) is 5.56. The predicted molar refractivity (Wildman–Crippen MR) is 111 cm³/mol. The molecule has 138 valence electrons. The van der Waals surface area contributed by atoms with Gasteiger partial charge in [0.1, 0.15) is 5.75 Å². The zero-order valence-electron chi connectivity index (χ0n) is 15.6. The van der Waals surface area contributed by atoms with Crippen LogP contribution in [0.15, 0.2) is 42.5 Å². The standard InChI is InChI=1S/C21H26N2O2S/c1-4-5-8-14-25-19-13-7-6-11-17(19)20(24)23-21(26)22-18-12-9-10-15(2)16(18)3/h6-7,9-13H,4-5,8,14H2,1-3H3,(H2,22,23,24,26). The fourth-order valence-electron chi connectivity index (χ4n) is 2.52. The molecule has 0 saturated heterocycles. The van der Waals surface area contributed by atoms with E-state index in [9.17, 15) is 4.79 Å². The highest BCUT2D eigenvalue weighted by Crippen LogP contribution is 2.20. The number of nitrogens with one attached hydrogen (secondary N) is 2. The predicted octanol–water partition coefficient (Wildman–Crippen LogP) is 5.00. The van der Waals surface area contributed by atoms with E-state index in [1.807, 2.05) is 50.2 Å². The number of ether oxygens (including phenoxy) is 1. The van der Waals surface area contributed by atoms with Gasteiger partial charge in [0, 0.05) is 5.69 Å². The van der Waals surface area contributed by atoms with Crippen LogP contribution in [-0.4, -0.2) is 17.6 Å². The number of hydrogen-bond donors (Lipinski definition) is 2. The van der Waals surface area contributed by atoms with Crippen molar-refractivity contribution in [1.29, 1.82) is 0 Å². The Labute approximate surface area is 161 Å². The summed E-state index contributed by atoms with van der Waals surface area (Å²) in [7, 11) is 0. The van der Waals surface area contributed by atoms with Crippen molar-refractivity contribution in [3.05, 3.63) is 59.2 Å². The largest absolute Gasteiger partial charge is 0.493 e. The van der Waals surface area contributed by atoms with Crippen LogP contribution in [-0.2, 0) is 0 Å². The Bertz CT molecular complexity index is 774. The molecule has 0 bridgehead atoms. The molecule has 0 heterocycles. The van der Waals surface area contributed by atoms with E-state index in [-0.39, 0.29) is 11.0 Å². The first-order valence-electron chi connectivity index (χ1n) is 8.93. The van der Waals surface area contributed by atoms with Crippen LogP contribution in [0.5, 0.6) is 5.75 Å². The molecule has 0 aliphatic heterocycles. The highest BCUT2D eigenvalue weighted by molar-refractivity contribution is 7.80. The number of para-hydroxylation sites is 1. The SMILES string of the molecule is CCCCCOc1ccccc1C(=O)NC(=S)Nc1cccc(C)c1C. The lowest BCUT2D eigenvalue weighted by atomic mass is 10.1. The molecule has 0 aliphatic rings. The van der Waals surface area contributed by atoms with Crippen molar-refractivity contribution in [3.63, 3.8) is 0 Å². The Kier molecular flexibility index (Phi) is 7.60. The lowest BCUT2D eigenvalue weighted by molar-refractivity contribution is 0.0973. The number of aryl methyl sites for hydroxylation is 1. The summed E-state index contributed by atoms with van der Waals surface area (Å²) >= 11 is 5.30. The van der Waals surface area contributed by atoms with Crippen LogP contribution in [0.2, 0.25) is 0 Å². The van der Waals surface area contributed by atoms with Gasteiger partial charge in [0.05, 0.1) is 12.2 Å². The van der Waals surface area contributed by atoms with Crippen LogP contribution in [0.3, 0.4) is 0 Å². The summed E-state index contributed by atoms with van der Waals surface area (Å²) in [6.07, 6.45) is 3.21. The summed E-state index contributed by atoms with van der Waals surface area (Å²) in [5.41, 5.74) is 3.63. The topological polar surface area (TPSA) is 50.4 Å². The van der Waals surface area contributed by atoms with Crippen LogP contribution in [0.25, 0.3) is 0 Å². The summed E-state index contributed by atoms with van der Waals surface area (Å²) in [5.74, 6) is 0.300. The van der Waals surface area contributed by atoms with E-state index in [1.54, 1.807) is 6.07 Å². The van der Waals surface area contributed by atoms with Gasteiger partial charge in [0.2, 0.25) is 0 Å². The molecule has 2 N–H and O–H groups in total. The molecule has 0 saturated carbocycles. The van der Waals surface area contributed by atoms with Crippen LogP contribution in [0.1, 0.15) is 47.7 Å². The molecule has 0 spiro atoms. The molecule has 2 aromatic carbocycles. The molecule has 0 unspecified atom stereocenters. The van der Waals surface area contributed by atoms with Gasteiger partial charge < -0.3 is 10.1 Å². The highest BCUT2D eigenvalue weighted by Gasteiger charge is 2.14. The van der Waals surface area contributed by atoms with E-state index in [2.05, 4.69) is 17.6 Å². The average Bonchev–Trinajstić information content (AvgIpc) is 2.63. The Hall–Kier alpha value is -2.40. The third-order valence-corrected chi connectivity index (χ3v) is 4.42. The van der Waals surface area contributed by atoms with Crippen LogP contribution >= 0.6 is 12.2 Å². The van der Waals surface area contributed by atoms with Gasteiger partial charge in [-0.2, -0.15) is 0 Å². The van der Waals surface area contributed by atoms with Crippen molar-refractivity contribution in [2.24, 2.45) is 0 Å². The van der Waals surface area contributed by atoms with Gasteiger partial charge in [-0.3, -0.25) is 10.1 Å². The Morgan fingerprint density at radius 3 is 2.62 bits per heavy atom. The van der Waals surface area contributed by atoms with E-state index in [0.717, 1.165) is 36.1 Å². The molecule has 0 radical (unpaired) electrons. The maximum absolute atomic E-state index is 12.6. The van der Waals surface area contributed by atoms with E-state index in [1.165, 1.54) is 0 Å². The first-order valence-corrected chi connectivity index (χ1v) is 9.34. The molecule has 1 amide bonds. The summed E-state index contributed by atoms with van der Waals surface area (Å²) < 4.78 is 5.77. The number of hydrogen-bond acceptors (Lipinski definition) is 3. The number of rotatable bonds is 7. The molecule has 4 nitrogen and oxygen atoms in total. The summed E-state index contributed by atoms with van der Waals surface area (Å²) in [4.78, 5) is 12.6. The van der Waals surface area contributed by atoms with E-state index in [0.29, 0.717) is 17.9 Å². The van der Waals surface area contributed by atoms with Gasteiger partial charge >= 0.3 is 0 Å². The maximum atomic E-state index is 12.6. The number of carbonyl (C=O) groups is 1. The monoisotopic (exact) mass is 370 g/mol. The minimum atomic E-state index is -0.279. The fraction of sp³-hybridized carbons (Fsp3) is 0.333. The van der Waals surface area contributed by atoms with Gasteiger partial charge in [-0.1, -0.05) is 44.0 Å². The Morgan fingerprint density at radius 1 is 1.08 bits per heavy atom. The maximum Gasteiger partial charge on any atom is 0.261 e. The third-order valence-electron chi connectivity index (χ3n) is 4.22. The quantitative estimate of drug-likeness (QED) is 0.532. The number of benzene rings is 2. The number of carbonyl (C=O) groups excluding carboxylic acids is 1. The second-order valence-corrected chi connectivity index (χ2v) is 6.62. The fourth-order valence-corrected chi connectivity index (χ4v) is 2.73. The molecule has 5 heteroatoms. The smallest absolute Gasteiger partial charge is 0.261 e. The number of anilines is 1. The van der Waals surface area contributed by atoms with Crippen LogP contribution < -0.4 is 15.4 Å². The minimum absolute atomic E-state index is 0.268. The normalized spacial score (nSPS) is 10.3. The van der Waals surface area contributed by atoms with Gasteiger partial charge in [-0.15, -0.1) is 0 Å². The Balaban J connectivity index is 2.00. The van der Waals surface area contributed by atoms with Gasteiger partial charge in [0.15, 0.2) is 5.11 Å². The molecule has 26 heavy (non-hydrogen) atoms. The minimum Gasteiger partial charge on any atom is -0.493 e. The van der Waals surface area contributed by atoms with Crippen molar-refractivity contribution in [2.45, 2.75) is 40.0 Å². The number of unbranched alkanes of at least 4 members (excludes halogenated alkanes) is 2. The highest BCUT2D eigenvalue weighted by atomic mass is 32.1. The molecular weight excluding hydrogens is 344 g/mol. The average molecular weight is 371 g/mol. The van der Waals surface area contributed by atoms with Gasteiger partial charge in [-0.05, 0) is 61.8 Å². The number of amides is 1. The summed E-state index contributed by atoms with van der Waals surface area (Å²) in [6, 6.07) is 13.1. The van der Waals surface area contributed by atoms with E-state index in [4.69, 9.17) is 17.0 Å². The first-order chi connectivity index (χ1) is 12.5. The molecule has 0 aliphatic carbocycles. The van der Waals surface area contributed by atoms with Crippen molar-refractivity contribution in [2.75, 3.05) is 11.9 Å². The molecule has 2 rings (SSSR count). The van der Waals surface area contributed by atoms with E-state index >= 15 is 0 Å².